The van der Waals surface area contributed by atoms with Crippen LogP contribution in [0.1, 0.15) is 29.9 Å². The topological polar surface area (TPSA) is 57.5 Å². The zero-order valence-corrected chi connectivity index (χ0v) is 13.9. The van der Waals surface area contributed by atoms with Crippen molar-refractivity contribution in [1.29, 1.82) is 0 Å². The number of nitrogens with one attached hydrogen (secondary N) is 1. The van der Waals surface area contributed by atoms with Crippen molar-refractivity contribution in [3.63, 3.8) is 0 Å². The molecule has 1 aromatic rings. The lowest BCUT2D eigenvalue weighted by atomic mass is 10.1. The van der Waals surface area contributed by atoms with E-state index in [-0.39, 0.29) is 0 Å². The summed E-state index contributed by atoms with van der Waals surface area (Å²) >= 11 is 0. The van der Waals surface area contributed by atoms with Crippen LogP contribution in [-0.2, 0) is 20.8 Å². The van der Waals surface area contributed by atoms with Gasteiger partial charge in [0.2, 0.25) is 0 Å². The Morgan fingerprint density at radius 2 is 1.71 bits per heavy atom. The minimum absolute atomic E-state index is 0.314. The third-order valence-electron chi connectivity index (χ3n) is 3.55. The van der Waals surface area contributed by atoms with E-state index in [2.05, 4.69) is 31.2 Å². The van der Waals surface area contributed by atoms with Crippen LogP contribution in [0.5, 0.6) is 0 Å². The molecule has 6 nitrogen and oxygen atoms in total. The Hall–Kier alpha value is -0.950. The number of methoxy groups -OCH3 is 1. The van der Waals surface area contributed by atoms with Gasteiger partial charge in [0.15, 0.2) is 0 Å². The zero-order valence-electron chi connectivity index (χ0n) is 13.9. The molecule has 0 bridgehead atoms. The lowest BCUT2D eigenvalue weighted by molar-refractivity contribution is 0.0224. The van der Waals surface area contributed by atoms with Crippen molar-refractivity contribution in [3.05, 3.63) is 17.0 Å². The fourth-order valence-corrected chi connectivity index (χ4v) is 2.31. The summed E-state index contributed by atoms with van der Waals surface area (Å²) in [5.41, 5.74) is 3.56. The molecular weight excluding hydrogens is 270 g/mol. The molecular formula is C15H29N3O3. The van der Waals surface area contributed by atoms with Crippen LogP contribution < -0.4 is 5.32 Å². The summed E-state index contributed by atoms with van der Waals surface area (Å²) in [7, 11) is 3.63. The molecule has 1 unspecified atom stereocenters. The fraction of sp³-hybridized carbons (Fsp3) is 0.800. The van der Waals surface area contributed by atoms with E-state index in [1.807, 2.05) is 11.7 Å². The minimum atomic E-state index is 0.314. The van der Waals surface area contributed by atoms with Crippen LogP contribution in [0.3, 0.4) is 0 Å². The van der Waals surface area contributed by atoms with Gasteiger partial charge in [0, 0.05) is 24.4 Å². The number of aryl methyl sites for hydroxylation is 1. The first-order valence-corrected chi connectivity index (χ1v) is 7.47. The monoisotopic (exact) mass is 299 g/mol. The highest BCUT2D eigenvalue weighted by molar-refractivity contribution is 5.27. The van der Waals surface area contributed by atoms with Crippen LogP contribution >= 0.6 is 0 Å². The molecule has 0 aliphatic heterocycles. The Labute approximate surface area is 127 Å². The summed E-state index contributed by atoms with van der Waals surface area (Å²) in [6, 6.07) is 0.314. The summed E-state index contributed by atoms with van der Waals surface area (Å²) < 4.78 is 17.8. The van der Waals surface area contributed by atoms with Gasteiger partial charge in [-0.25, -0.2) is 0 Å². The predicted octanol–water partition coefficient (Wildman–Crippen LogP) is 1.46. The van der Waals surface area contributed by atoms with E-state index < -0.39 is 0 Å². The molecule has 1 atom stereocenters. The first-order chi connectivity index (χ1) is 10.1. The molecule has 0 amide bonds. The van der Waals surface area contributed by atoms with Gasteiger partial charge in [-0.05, 0) is 27.8 Å². The van der Waals surface area contributed by atoms with Crippen molar-refractivity contribution in [2.24, 2.45) is 0 Å². The highest BCUT2D eigenvalue weighted by atomic mass is 16.5. The lowest BCUT2D eigenvalue weighted by Crippen LogP contribution is -2.15. The molecule has 6 heteroatoms. The molecule has 0 fully saturated rings. The van der Waals surface area contributed by atoms with Gasteiger partial charge < -0.3 is 19.5 Å². The third kappa shape index (κ3) is 5.74. The second-order valence-corrected chi connectivity index (χ2v) is 5.04. The smallest absolute Gasteiger partial charge is 0.0701 e. The maximum Gasteiger partial charge on any atom is 0.0701 e. The van der Waals surface area contributed by atoms with Crippen LogP contribution in [0.4, 0.5) is 0 Å². The molecule has 0 radical (unpaired) electrons. The van der Waals surface area contributed by atoms with E-state index >= 15 is 0 Å². The molecule has 0 aromatic carbocycles. The summed E-state index contributed by atoms with van der Waals surface area (Å²) in [4.78, 5) is 0. The molecule has 21 heavy (non-hydrogen) atoms. The predicted molar refractivity (Wildman–Crippen MR) is 82.7 cm³/mol. The quantitative estimate of drug-likeness (QED) is 0.627. The number of rotatable bonds is 11. The highest BCUT2D eigenvalue weighted by Crippen LogP contribution is 2.20. The number of hydrogen-bond acceptors (Lipinski definition) is 5. The van der Waals surface area contributed by atoms with Crippen molar-refractivity contribution in [2.75, 3.05) is 47.2 Å². The largest absolute Gasteiger partial charge is 0.382 e. The van der Waals surface area contributed by atoms with E-state index in [9.17, 15) is 0 Å². The van der Waals surface area contributed by atoms with E-state index in [1.54, 1.807) is 7.11 Å². The molecule has 0 saturated heterocycles. The number of ether oxygens (including phenoxy) is 3. The first kappa shape index (κ1) is 18.1. The summed E-state index contributed by atoms with van der Waals surface area (Å²) in [6.07, 6.45) is 0. The van der Waals surface area contributed by atoms with Crippen molar-refractivity contribution in [3.8, 4) is 0 Å². The van der Waals surface area contributed by atoms with Gasteiger partial charge in [-0.15, -0.1) is 0 Å². The second kappa shape index (κ2) is 9.89. The van der Waals surface area contributed by atoms with Crippen molar-refractivity contribution in [1.82, 2.24) is 15.1 Å². The Kier molecular flexibility index (Phi) is 8.52. The molecule has 0 spiro atoms. The Morgan fingerprint density at radius 3 is 2.33 bits per heavy atom. The number of aromatic nitrogens is 2. The maximum atomic E-state index is 5.57. The molecule has 1 rings (SSSR count). The van der Waals surface area contributed by atoms with Crippen LogP contribution in [0.15, 0.2) is 0 Å². The standard InChI is InChI=1S/C15H29N3O3/c1-12(16-4)15-13(2)17-18(14(15)3)6-7-20-10-11-21-9-8-19-5/h12,16H,6-11H2,1-5H3. The number of nitrogens with zero attached hydrogens (tertiary/aromatic N) is 2. The van der Waals surface area contributed by atoms with Crippen molar-refractivity contribution >= 4 is 0 Å². The Morgan fingerprint density at radius 1 is 1.10 bits per heavy atom. The summed E-state index contributed by atoms with van der Waals surface area (Å²) in [5, 5.41) is 7.85. The van der Waals surface area contributed by atoms with Gasteiger partial charge in [0.05, 0.1) is 45.3 Å². The van der Waals surface area contributed by atoms with Gasteiger partial charge in [0.25, 0.3) is 0 Å². The minimum Gasteiger partial charge on any atom is -0.382 e. The fourth-order valence-electron chi connectivity index (χ4n) is 2.31. The summed E-state index contributed by atoms with van der Waals surface area (Å²) in [6.45, 7) is 10.2. The number of hydrogen-bond donors (Lipinski definition) is 1. The molecule has 0 saturated carbocycles. The van der Waals surface area contributed by atoms with E-state index in [0.717, 1.165) is 12.2 Å². The molecule has 0 aliphatic carbocycles. The van der Waals surface area contributed by atoms with Crippen molar-refractivity contribution in [2.45, 2.75) is 33.4 Å². The van der Waals surface area contributed by atoms with E-state index in [1.165, 1.54) is 11.3 Å². The van der Waals surface area contributed by atoms with Crippen LogP contribution in [-0.4, -0.2) is 57.0 Å². The molecule has 1 N–H and O–H groups in total. The van der Waals surface area contributed by atoms with Crippen LogP contribution in [0.2, 0.25) is 0 Å². The molecule has 1 heterocycles. The maximum absolute atomic E-state index is 5.57. The van der Waals surface area contributed by atoms with E-state index in [4.69, 9.17) is 14.2 Å². The van der Waals surface area contributed by atoms with Gasteiger partial charge in [0.1, 0.15) is 0 Å². The van der Waals surface area contributed by atoms with Crippen LogP contribution in [0.25, 0.3) is 0 Å². The van der Waals surface area contributed by atoms with Gasteiger partial charge in [-0.2, -0.15) is 5.10 Å². The zero-order chi connectivity index (χ0) is 15.7. The summed E-state index contributed by atoms with van der Waals surface area (Å²) in [5.74, 6) is 0. The van der Waals surface area contributed by atoms with Gasteiger partial charge in [-0.1, -0.05) is 0 Å². The highest BCUT2D eigenvalue weighted by Gasteiger charge is 2.15. The van der Waals surface area contributed by atoms with Gasteiger partial charge >= 0.3 is 0 Å². The Balaban J connectivity index is 2.30. The second-order valence-electron chi connectivity index (χ2n) is 5.04. The average molecular weight is 299 g/mol. The average Bonchev–Trinajstić information content (AvgIpc) is 2.75. The Bertz CT molecular complexity index is 407. The molecule has 0 aliphatic rings. The first-order valence-electron chi connectivity index (χ1n) is 7.47. The van der Waals surface area contributed by atoms with Gasteiger partial charge in [-0.3, -0.25) is 4.68 Å². The normalized spacial score (nSPS) is 12.8. The third-order valence-corrected chi connectivity index (χ3v) is 3.55. The SMILES string of the molecule is CNC(C)c1c(C)nn(CCOCCOCCOC)c1C. The lowest BCUT2D eigenvalue weighted by Gasteiger charge is -2.11. The van der Waals surface area contributed by atoms with Crippen LogP contribution in [0, 0.1) is 13.8 Å². The van der Waals surface area contributed by atoms with E-state index in [0.29, 0.717) is 39.1 Å². The van der Waals surface area contributed by atoms with Crippen molar-refractivity contribution < 1.29 is 14.2 Å². The molecule has 122 valence electrons. The molecule has 1 aromatic heterocycles.